The SMILES string of the molecule is CC(NC(=O)c1snnc1-c1ccccc1)c1ccc(Cl)cc1. The van der Waals surface area contributed by atoms with Crippen molar-refractivity contribution in [1.29, 1.82) is 0 Å². The molecule has 0 bridgehead atoms. The molecule has 4 nitrogen and oxygen atoms in total. The van der Waals surface area contributed by atoms with Gasteiger partial charge in [0, 0.05) is 10.6 Å². The summed E-state index contributed by atoms with van der Waals surface area (Å²) in [4.78, 5) is 13.1. The number of aromatic nitrogens is 2. The molecular formula is C17H14ClN3OS. The van der Waals surface area contributed by atoms with E-state index in [1.54, 1.807) is 0 Å². The lowest BCUT2D eigenvalue weighted by Crippen LogP contribution is -2.26. The molecule has 1 atom stereocenters. The van der Waals surface area contributed by atoms with E-state index >= 15 is 0 Å². The largest absolute Gasteiger partial charge is 0.345 e. The first kappa shape index (κ1) is 15.6. The average Bonchev–Trinajstić information content (AvgIpc) is 3.06. The van der Waals surface area contributed by atoms with Crippen molar-refractivity contribution < 1.29 is 4.79 Å². The van der Waals surface area contributed by atoms with Gasteiger partial charge in [-0.05, 0) is 36.2 Å². The molecule has 0 spiro atoms. The lowest BCUT2D eigenvalue weighted by Gasteiger charge is -2.14. The predicted octanol–water partition coefficient (Wildman–Crippen LogP) is 4.35. The fourth-order valence-corrected chi connectivity index (χ4v) is 2.94. The normalized spacial score (nSPS) is 11.9. The minimum absolute atomic E-state index is 0.134. The first-order valence-electron chi connectivity index (χ1n) is 7.09. The van der Waals surface area contributed by atoms with Crippen LogP contribution in [0.5, 0.6) is 0 Å². The molecule has 116 valence electrons. The maximum absolute atomic E-state index is 12.5. The second-order valence-corrected chi connectivity index (χ2v) is 6.25. The summed E-state index contributed by atoms with van der Waals surface area (Å²) < 4.78 is 3.92. The highest BCUT2D eigenvalue weighted by atomic mass is 35.5. The number of rotatable bonds is 4. The first-order chi connectivity index (χ1) is 11.1. The standard InChI is InChI=1S/C17H14ClN3OS/c1-11(12-7-9-14(18)10-8-12)19-17(22)16-15(20-21-23-16)13-5-3-2-4-6-13/h2-11H,1H3,(H,19,22). The number of carbonyl (C=O) groups excluding carboxylic acids is 1. The fourth-order valence-electron chi connectivity index (χ4n) is 2.22. The number of halogens is 1. The minimum Gasteiger partial charge on any atom is -0.345 e. The quantitative estimate of drug-likeness (QED) is 0.766. The Morgan fingerprint density at radius 3 is 2.52 bits per heavy atom. The molecule has 2 aromatic carbocycles. The zero-order valence-electron chi connectivity index (χ0n) is 12.4. The van der Waals surface area contributed by atoms with Gasteiger partial charge in [0.15, 0.2) is 0 Å². The van der Waals surface area contributed by atoms with Gasteiger partial charge in [0.05, 0.1) is 6.04 Å². The van der Waals surface area contributed by atoms with Gasteiger partial charge in [-0.1, -0.05) is 58.6 Å². The number of hydrogen-bond acceptors (Lipinski definition) is 4. The number of carbonyl (C=O) groups is 1. The van der Waals surface area contributed by atoms with Gasteiger partial charge in [0.25, 0.3) is 5.91 Å². The number of benzene rings is 2. The molecule has 1 heterocycles. The van der Waals surface area contributed by atoms with Crippen molar-refractivity contribution in [2.75, 3.05) is 0 Å². The van der Waals surface area contributed by atoms with Crippen LogP contribution in [0.1, 0.15) is 28.2 Å². The van der Waals surface area contributed by atoms with Gasteiger partial charge in [-0.2, -0.15) is 0 Å². The van der Waals surface area contributed by atoms with Gasteiger partial charge in [-0.15, -0.1) is 5.10 Å². The number of amides is 1. The van der Waals surface area contributed by atoms with Crippen LogP contribution < -0.4 is 5.32 Å². The summed E-state index contributed by atoms with van der Waals surface area (Å²) in [5.74, 6) is -0.179. The van der Waals surface area contributed by atoms with Crippen LogP contribution in [0.3, 0.4) is 0 Å². The summed E-state index contributed by atoms with van der Waals surface area (Å²) in [7, 11) is 0. The Labute approximate surface area is 143 Å². The van der Waals surface area contributed by atoms with Crippen molar-refractivity contribution in [2.24, 2.45) is 0 Å². The Kier molecular flexibility index (Phi) is 4.69. The molecule has 1 N–H and O–H groups in total. The third-order valence-electron chi connectivity index (χ3n) is 3.46. The first-order valence-corrected chi connectivity index (χ1v) is 8.24. The van der Waals surface area contributed by atoms with E-state index < -0.39 is 0 Å². The van der Waals surface area contributed by atoms with Crippen molar-refractivity contribution in [3.05, 3.63) is 70.1 Å². The molecule has 1 unspecified atom stereocenters. The highest BCUT2D eigenvalue weighted by molar-refractivity contribution is 7.08. The molecule has 3 aromatic rings. The molecule has 1 aromatic heterocycles. The number of hydrogen-bond donors (Lipinski definition) is 1. The van der Waals surface area contributed by atoms with E-state index in [0.717, 1.165) is 22.7 Å². The van der Waals surface area contributed by atoms with Crippen LogP contribution in [0.2, 0.25) is 5.02 Å². The van der Waals surface area contributed by atoms with E-state index in [2.05, 4.69) is 14.9 Å². The maximum Gasteiger partial charge on any atom is 0.265 e. The molecule has 0 fully saturated rings. The van der Waals surface area contributed by atoms with Crippen LogP contribution in [-0.4, -0.2) is 15.5 Å². The molecule has 0 radical (unpaired) electrons. The second kappa shape index (κ2) is 6.89. The molecule has 0 aliphatic carbocycles. The van der Waals surface area contributed by atoms with E-state index in [-0.39, 0.29) is 11.9 Å². The average molecular weight is 344 g/mol. The van der Waals surface area contributed by atoms with Crippen LogP contribution in [0.25, 0.3) is 11.3 Å². The summed E-state index contributed by atoms with van der Waals surface area (Å²) in [6.45, 7) is 1.93. The van der Waals surface area contributed by atoms with E-state index in [1.165, 1.54) is 0 Å². The molecule has 0 aliphatic heterocycles. The Morgan fingerprint density at radius 1 is 1.13 bits per heavy atom. The summed E-state index contributed by atoms with van der Waals surface area (Å²) in [5.41, 5.74) is 2.48. The summed E-state index contributed by atoms with van der Waals surface area (Å²) in [6.07, 6.45) is 0. The Bertz CT molecular complexity index is 802. The Balaban J connectivity index is 1.79. The lowest BCUT2D eigenvalue weighted by atomic mass is 10.1. The monoisotopic (exact) mass is 343 g/mol. The van der Waals surface area contributed by atoms with E-state index in [9.17, 15) is 4.79 Å². The van der Waals surface area contributed by atoms with Gasteiger partial charge >= 0.3 is 0 Å². The Hall–Kier alpha value is -2.24. The molecular weight excluding hydrogens is 330 g/mol. The van der Waals surface area contributed by atoms with Crippen LogP contribution in [0.4, 0.5) is 0 Å². The molecule has 6 heteroatoms. The maximum atomic E-state index is 12.5. The molecule has 3 rings (SSSR count). The Morgan fingerprint density at radius 2 is 1.83 bits per heavy atom. The minimum atomic E-state index is -0.179. The zero-order chi connectivity index (χ0) is 16.2. The zero-order valence-corrected chi connectivity index (χ0v) is 13.9. The summed E-state index contributed by atoms with van der Waals surface area (Å²) in [5, 5.41) is 7.74. The van der Waals surface area contributed by atoms with Gasteiger partial charge in [-0.3, -0.25) is 4.79 Å². The highest BCUT2D eigenvalue weighted by Gasteiger charge is 2.19. The van der Waals surface area contributed by atoms with Crippen LogP contribution in [-0.2, 0) is 0 Å². The van der Waals surface area contributed by atoms with E-state index in [0.29, 0.717) is 15.6 Å². The van der Waals surface area contributed by atoms with Gasteiger partial charge < -0.3 is 5.32 Å². The van der Waals surface area contributed by atoms with Gasteiger partial charge in [0.1, 0.15) is 10.6 Å². The van der Waals surface area contributed by atoms with Crippen LogP contribution in [0, 0.1) is 0 Å². The molecule has 0 aliphatic rings. The van der Waals surface area contributed by atoms with Crippen molar-refractivity contribution in [3.8, 4) is 11.3 Å². The van der Waals surface area contributed by atoms with Crippen LogP contribution >= 0.6 is 23.1 Å². The molecule has 1 amide bonds. The lowest BCUT2D eigenvalue weighted by molar-refractivity contribution is 0.0944. The topological polar surface area (TPSA) is 54.9 Å². The smallest absolute Gasteiger partial charge is 0.265 e. The molecule has 0 saturated heterocycles. The van der Waals surface area contributed by atoms with E-state index in [4.69, 9.17) is 11.6 Å². The third-order valence-corrected chi connectivity index (χ3v) is 4.44. The summed E-state index contributed by atoms with van der Waals surface area (Å²) in [6, 6.07) is 16.8. The predicted molar refractivity (Wildman–Crippen MR) is 92.7 cm³/mol. The van der Waals surface area contributed by atoms with Gasteiger partial charge in [-0.25, -0.2) is 0 Å². The summed E-state index contributed by atoms with van der Waals surface area (Å²) >= 11 is 6.99. The third kappa shape index (κ3) is 3.57. The molecule has 23 heavy (non-hydrogen) atoms. The number of nitrogens with zero attached hydrogens (tertiary/aromatic N) is 2. The van der Waals surface area contributed by atoms with Crippen LogP contribution in [0.15, 0.2) is 54.6 Å². The van der Waals surface area contributed by atoms with Gasteiger partial charge in [0.2, 0.25) is 0 Å². The van der Waals surface area contributed by atoms with Crippen molar-refractivity contribution >= 4 is 29.0 Å². The van der Waals surface area contributed by atoms with Crippen molar-refractivity contribution in [2.45, 2.75) is 13.0 Å². The van der Waals surface area contributed by atoms with Crippen molar-refractivity contribution in [1.82, 2.24) is 14.9 Å². The molecule has 0 saturated carbocycles. The number of nitrogens with one attached hydrogen (secondary N) is 1. The fraction of sp³-hybridized carbons (Fsp3) is 0.118. The van der Waals surface area contributed by atoms with E-state index in [1.807, 2.05) is 61.5 Å². The second-order valence-electron chi connectivity index (χ2n) is 5.06. The highest BCUT2D eigenvalue weighted by Crippen LogP contribution is 2.24. The van der Waals surface area contributed by atoms with Crippen molar-refractivity contribution in [3.63, 3.8) is 0 Å².